The second-order valence-corrected chi connectivity index (χ2v) is 10.4. The number of imide groups is 1. The van der Waals surface area contributed by atoms with Gasteiger partial charge in [-0.15, -0.1) is 11.8 Å². The predicted molar refractivity (Wildman–Crippen MR) is 109 cm³/mol. The summed E-state index contributed by atoms with van der Waals surface area (Å²) in [5, 5.41) is 9.38. The normalized spacial score (nSPS) is 37.3. The summed E-state index contributed by atoms with van der Waals surface area (Å²) in [6.07, 6.45) is 3.38. The van der Waals surface area contributed by atoms with E-state index in [0.717, 1.165) is 25.7 Å². The zero-order valence-corrected chi connectivity index (χ0v) is 18.5. The van der Waals surface area contributed by atoms with Crippen LogP contribution >= 0.6 is 11.8 Å². The highest BCUT2D eigenvalue weighted by atomic mass is 32.2. The van der Waals surface area contributed by atoms with Crippen LogP contribution in [0.25, 0.3) is 0 Å². The number of aliphatic hydroxyl groups is 1. The molecule has 7 unspecified atom stereocenters. The van der Waals surface area contributed by atoms with Crippen molar-refractivity contribution in [1.82, 2.24) is 9.80 Å². The molecule has 0 spiro atoms. The number of β-lactam (4-membered cyclic amide) rings is 1. The Bertz CT molecular complexity index is 752. The molecule has 0 bridgehead atoms. The molecule has 9 heteroatoms. The maximum atomic E-state index is 13.2. The van der Waals surface area contributed by atoms with Gasteiger partial charge in [-0.1, -0.05) is 6.92 Å². The molecule has 3 amide bonds. The first-order chi connectivity index (χ1) is 14.2. The molecule has 1 saturated carbocycles. The highest BCUT2D eigenvalue weighted by Gasteiger charge is 2.65. The summed E-state index contributed by atoms with van der Waals surface area (Å²) in [5.41, 5.74) is 0. The smallest absolute Gasteiger partial charge is 0.330 e. The van der Waals surface area contributed by atoms with E-state index in [1.807, 2.05) is 6.92 Å². The van der Waals surface area contributed by atoms with Gasteiger partial charge in [0.2, 0.25) is 17.7 Å². The molecular formula is C21H30N2O6S. The monoisotopic (exact) mass is 438 g/mol. The average Bonchev–Trinajstić information content (AvgIpc) is 3.35. The van der Waals surface area contributed by atoms with Crippen molar-refractivity contribution in [2.24, 2.45) is 11.8 Å². The molecule has 0 radical (unpaired) electrons. The minimum absolute atomic E-state index is 0.0763. The van der Waals surface area contributed by atoms with E-state index in [0.29, 0.717) is 13.0 Å². The first kappa shape index (κ1) is 21.6. The fraction of sp³-hybridized carbons (Fsp3) is 0.810. The van der Waals surface area contributed by atoms with Gasteiger partial charge < -0.3 is 14.7 Å². The Morgan fingerprint density at radius 3 is 2.40 bits per heavy atom. The molecule has 8 nitrogen and oxygen atoms in total. The second kappa shape index (κ2) is 8.15. The SMILES string of the molecule is CC(=O)N1CCC(SC2C(C)C3C(C(C)O)C(=O)N3C2C(=O)OC2CCCC2)C1=O. The number of amides is 3. The third kappa shape index (κ3) is 3.43. The topological polar surface area (TPSA) is 104 Å². The van der Waals surface area contributed by atoms with E-state index in [4.69, 9.17) is 4.74 Å². The number of ether oxygens (including phenoxy) is 1. The van der Waals surface area contributed by atoms with E-state index in [9.17, 15) is 24.3 Å². The number of likely N-dealkylation sites (tertiary alicyclic amines) is 1. The summed E-state index contributed by atoms with van der Waals surface area (Å²) < 4.78 is 5.76. The predicted octanol–water partition coefficient (Wildman–Crippen LogP) is 0.947. The number of fused-ring (bicyclic) bond motifs is 1. The number of hydrogen-bond acceptors (Lipinski definition) is 7. The maximum absolute atomic E-state index is 13.2. The van der Waals surface area contributed by atoms with Crippen LogP contribution in [-0.4, -0.2) is 79.9 Å². The van der Waals surface area contributed by atoms with Gasteiger partial charge in [-0.05, 0) is 44.9 Å². The van der Waals surface area contributed by atoms with Gasteiger partial charge in [0.1, 0.15) is 12.1 Å². The number of esters is 1. The molecule has 0 aromatic rings. The molecule has 0 aromatic carbocycles. The summed E-state index contributed by atoms with van der Waals surface area (Å²) in [5.74, 6) is -1.72. The quantitative estimate of drug-likeness (QED) is 0.503. The van der Waals surface area contributed by atoms with Gasteiger partial charge in [-0.2, -0.15) is 0 Å². The molecule has 3 heterocycles. The molecule has 4 rings (SSSR count). The van der Waals surface area contributed by atoms with Crippen molar-refractivity contribution in [1.29, 1.82) is 0 Å². The van der Waals surface area contributed by atoms with E-state index in [-0.39, 0.29) is 41.0 Å². The summed E-state index contributed by atoms with van der Waals surface area (Å²) in [6, 6.07) is -0.992. The Morgan fingerprint density at radius 2 is 1.83 bits per heavy atom. The number of carbonyl (C=O) groups excluding carboxylic acids is 4. The van der Waals surface area contributed by atoms with Crippen LogP contribution in [0.4, 0.5) is 0 Å². The van der Waals surface area contributed by atoms with Gasteiger partial charge in [-0.25, -0.2) is 4.79 Å². The van der Waals surface area contributed by atoms with Crippen LogP contribution < -0.4 is 0 Å². The molecule has 0 aromatic heterocycles. The fourth-order valence-corrected chi connectivity index (χ4v) is 7.22. The molecule has 1 N–H and O–H groups in total. The van der Waals surface area contributed by atoms with Crippen LogP contribution in [0.5, 0.6) is 0 Å². The molecule has 3 aliphatic heterocycles. The van der Waals surface area contributed by atoms with Crippen molar-refractivity contribution < 1.29 is 29.0 Å². The van der Waals surface area contributed by atoms with Crippen LogP contribution in [0.15, 0.2) is 0 Å². The van der Waals surface area contributed by atoms with Crippen LogP contribution in [0.3, 0.4) is 0 Å². The number of thioether (sulfide) groups is 1. The van der Waals surface area contributed by atoms with Crippen molar-refractivity contribution >= 4 is 35.5 Å². The summed E-state index contributed by atoms with van der Waals surface area (Å²) in [4.78, 5) is 53.1. The lowest BCUT2D eigenvalue weighted by atomic mass is 9.79. The van der Waals surface area contributed by atoms with Gasteiger partial charge in [0, 0.05) is 18.7 Å². The van der Waals surface area contributed by atoms with Crippen molar-refractivity contribution in [3.63, 3.8) is 0 Å². The fourth-order valence-electron chi connectivity index (χ4n) is 5.56. The lowest BCUT2D eigenvalue weighted by molar-refractivity contribution is -0.174. The van der Waals surface area contributed by atoms with Crippen LogP contribution in [0.2, 0.25) is 0 Å². The van der Waals surface area contributed by atoms with E-state index >= 15 is 0 Å². The highest BCUT2D eigenvalue weighted by molar-refractivity contribution is 8.01. The van der Waals surface area contributed by atoms with Crippen molar-refractivity contribution in [2.75, 3.05) is 6.54 Å². The lowest BCUT2D eigenvalue weighted by Crippen LogP contribution is -2.66. The molecule has 4 aliphatic rings. The minimum atomic E-state index is -0.794. The number of rotatable bonds is 5. The third-order valence-electron chi connectivity index (χ3n) is 7.10. The molecule has 7 atom stereocenters. The third-order valence-corrected chi connectivity index (χ3v) is 8.87. The molecule has 166 valence electrons. The largest absolute Gasteiger partial charge is 0.461 e. The second-order valence-electron chi connectivity index (χ2n) is 9.04. The Hall–Kier alpha value is -1.61. The Morgan fingerprint density at radius 1 is 1.17 bits per heavy atom. The van der Waals surface area contributed by atoms with Gasteiger partial charge in [0.05, 0.1) is 23.3 Å². The number of nitrogens with zero attached hydrogens (tertiary/aromatic N) is 2. The molecular weight excluding hydrogens is 408 g/mol. The Kier molecular flexibility index (Phi) is 5.87. The Balaban J connectivity index is 1.56. The van der Waals surface area contributed by atoms with Gasteiger partial charge in [-0.3, -0.25) is 19.3 Å². The van der Waals surface area contributed by atoms with Gasteiger partial charge in [0.25, 0.3) is 0 Å². The lowest BCUT2D eigenvalue weighted by Gasteiger charge is -2.47. The zero-order chi connectivity index (χ0) is 21.7. The Labute approximate surface area is 180 Å². The average molecular weight is 439 g/mol. The van der Waals surface area contributed by atoms with E-state index in [1.165, 1.54) is 23.6 Å². The molecule has 3 saturated heterocycles. The van der Waals surface area contributed by atoms with E-state index in [1.54, 1.807) is 11.8 Å². The first-order valence-electron chi connectivity index (χ1n) is 10.9. The van der Waals surface area contributed by atoms with Gasteiger partial charge >= 0.3 is 5.97 Å². The maximum Gasteiger partial charge on any atom is 0.330 e. The zero-order valence-electron chi connectivity index (χ0n) is 17.7. The minimum Gasteiger partial charge on any atom is -0.461 e. The number of hydrogen-bond donors (Lipinski definition) is 1. The van der Waals surface area contributed by atoms with Crippen molar-refractivity contribution in [2.45, 2.75) is 87.7 Å². The number of aliphatic hydroxyl groups excluding tert-OH is 1. The number of carbonyl (C=O) groups is 4. The molecule has 30 heavy (non-hydrogen) atoms. The van der Waals surface area contributed by atoms with Crippen molar-refractivity contribution in [3.8, 4) is 0 Å². The first-order valence-corrected chi connectivity index (χ1v) is 11.8. The molecule has 4 fully saturated rings. The summed E-state index contributed by atoms with van der Waals surface area (Å²) in [6.45, 7) is 5.33. The van der Waals surface area contributed by atoms with E-state index < -0.39 is 29.3 Å². The van der Waals surface area contributed by atoms with Crippen molar-refractivity contribution in [3.05, 3.63) is 0 Å². The van der Waals surface area contributed by atoms with Crippen LogP contribution in [-0.2, 0) is 23.9 Å². The van der Waals surface area contributed by atoms with Gasteiger partial charge in [0.15, 0.2) is 0 Å². The summed E-state index contributed by atoms with van der Waals surface area (Å²) in [7, 11) is 0. The summed E-state index contributed by atoms with van der Waals surface area (Å²) >= 11 is 1.39. The van der Waals surface area contributed by atoms with Crippen LogP contribution in [0, 0.1) is 11.8 Å². The highest BCUT2D eigenvalue weighted by Crippen LogP contribution is 2.50. The van der Waals surface area contributed by atoms with E-state index in [2.05, 4.69) is 0 Å². The van der Waals surface area contributed by atoms with Crippen LogP contribution in [0.1, 0.15) is 52.9 Å². The molecule has 1 aliphatic carbocycles. The standard InChI is InChI=1S/C21H30N2O6S/c1-10-16-15(11(2)24)20(27)23(16)17(21(28)29-13-6-4-5-7-13)18(10)30-14-8-9-22(12(3)25)19(14)26/h10-11,13-18,24H,4-9H2,1-3H3.